The number of tetrazole rings is 1. The fourth-order valence-corrected chi connectivity index (χ4v) is 3.00. The first-order valence-electron chi connectivity index (χ1n) is 9.89. The fraction of sp³-hybridized carbons (Fsp3) is 0.650. The molecule has 0 radical (unpaired) electrons. The minimum atomic E-state index is 0.788. The van der Waals surface area contributed by atoms with Crippen LogP contribution >= 0.6 is 0 Å². The van der Waals surface area contributed by atoms with Crippen LogP contribution < -0.4 is 5.32 Å². The van der Waals surface area contributed by atoms with Gasteiger partial charge in [-0.1, -0.05) is 74.9 Å². The highest BCUT2D eigenvalue weighted by Gasteiger charge is 1.99. The highest BCUT2D eigenvalue weighted by molar-refractivity contribution is 5.22. The Balaban J connectivity index is 1.50. The van der Waals surface area contributed by atoms with Crippen molar-refractivity contribution in [2.45, 2.75) is 77.7 Å². The third-order valence-corrected chi connectivity index (χ3v) is 4.56. The van der Waals surface area contributed by atoms with Crippen LogP contribution in [0.25, 0.3) is 0 Å². The average Bonchev–Trinajstić information content (AvgIpc) is 3.15. The molecule has 2 aromatic rings. The van der Waals surface area contributed by atoms with Gasteiger partial charge in [-0.15, -0.1) is 10.2 Å². The van der Waals surface area contributed by atoms with Crippen molar-refractivity contribution in [1.82, 2.24) is 25.9 Å². The van der Waals surface area contributed by atoms with Gasteiger partial charge in [0.05, 0.1) is 0 Å². The zero-order valence-electron chi connectivity index (χ0n) is 15.6. The molecule has 0 aliphatic carbocycles. The number of aromatic amines is 1. The minimum Gasteiger partial charge on any atom is -0.313 e. The molecule has 5 heteroatoms. The van der Waals surface area contributed by atoms with Crippen molar-refractivity contribution in [2.75, 3.05) is 6.54 Å². The molecule has 0 aliphatic rings. The van der Waals surface area contributed by atoms with Crippen LogP contribution in [0.1, 0.15) is 75.2 Å². The van der Waals surface area contributed by atoms with E-state index in [1.54, 1.807) is 0 Å². The van der Waals surface area contributed by atoms with E-state index < -0.39 is 0 Å². The summed E-state index contributed by atoms with van der Waals surface area (Å²) < 4.78 is 0. The van der Waals surface area contributed by atoms with Gasteiger partial charge in [-0.25, -0.2) is 0 Å². The van der Waals surface area contributed by atoms with Crippen LogP contribution in [0.15, 0.2) is 24.3 Å². The predicted molar refractivity (Wildman–Crippen MR) is 102 cm³/mol. The maximum atomic E-state index is 3.96. The van der Waals surface area contributed by atoms with Gasteiger partial charge < -0.3 is 5.32 Å². The molecule has 0 atom stereocenters. The summed E-state index contributed by atoms with van der Waals surface area (Å²) in [5.74, 6) is 0.788. The van der Waals surface area contributed by atoms with E-state index in [4.69, 9.17) is 0 Å². The summed E-state index contributed by atoms with van der Waals surface area (Å²) in [4.78, 5) is 0. The lowest BCUT2D eigenvalue weighted by Gasteiger charge is -2.06. The molecule has 0 saturated heterocycles. The van der Waals surface area contributed by atoms with Gasteiger partial charge in [0.2, 0.25) is 0 Å². The highest BCUT2D eigenvalue weighted by atomic mass is 15.5. The summed E-state index contributed by atoms with van der Waals surface area (Å²) in [6.07, 6.45) is 12.7. The topological polar surface area (TPSA) is 66.5 Å². The first-order valence-corrected chi connectivity index (χ1v) is 9.89. The number of nitrogens with zero attached hydrogens (tertiary/aromatic N) is 3. The van der Waals surface area contributed by atoms with E-state index in [0.717, 1.165) is 31.8 Å². The van der Waals surface area contributed by atoms with Crippen molar-refractivity contribution >= 4 is 0 Å². The monoisotopic (exact) mass is 343 g/mol. The Hall–Kier alpha value is -1.75. The van der Waals surface area contributed by atoms with Crippen LogP contribution in [0.2, 0.25) is 0 Å². The van der Waals surface area contributed by atoms with E-state index in [2.05, 4.69) is 57.1 Å². The van der Waals surface area contributed by atoms with Crippen LogP contribution in [0, 0.1) is 0 Å². The van der Waals surface area contributed by atoms with E-state index >= 15 is 0 Å². The van der Waals surface area contributed by atoms with Gasteiger partial charge in [-0.3, -0.25) is 0 Å². The Morgan fingerprint density at radius 2 is 1.56 bits per heavy atom. The number of aromatic nitrogens is 4. The summed E-state index contributed by atoms with van der Waals surface area (Å²) in [5.41, 5.74) is 2.82. The number of aryl methyl sites for hydroxylation is 2. The highest BCUT2D eigenvalue weighted by Crippen LogP contribution is 2.11. The standard InChI is InChI=1S/C20H33N5/c1-2-3-4-5-6-7-8-10-18-12-14-19(15-13-18)17-21-16-9-11-20-22-24-25-23-20/h12-15,21H,2-11,16-17H2,1H3,(H,22,23,24,25). The van der Waals surface area contributed by atoms with Crippen molar-refractivity contribution in [3.05, 3.63) is 41.2 Å². The number of hydrogen-bond donors (Lipinski definition) is 2. The van der Waals surface area contributed by atoms with E-state index in [1.165, 1.54) is 62.5 Å². The van der Waals surface area contributed by atoms with E-state index in [0.29, 0.717) is 0 Å². The van der Waals surface area contributed by atoms with Gasteiger partial charge in [0.15, 0.2) is 5.82 Å². The first-order chi connectivity index (χ1) is 12.4. The smallest absolute Gasteiger partial charge is 0.174 e. The lowest BCUT2D eigenvalue weighted by Crippen LogP contribution is -2.15. The number of unbranched alkanes of at least 4 members (excludes halogenated alkanes) is 6. The first kappa shape index (κ1) is 19.6. The van der Waals surface area contributed by atoms with Gasteiger partial charge in [-0.2, -0.15) is 5.21 Å². The molecule has 0 saturated carbocycles. The Morgan fingerprint density at radius 1 is 0.840 bits per heavy atom. The Bertz CT molecular complexity index is 536. The lowest BCUT2D eigenvalue weighted by molar-refractivity contribution is 0.589. The maximum absolute atomic E-state index is 3.96. The molecule has 0 amide bonds. The molecular formula is C20H33N5. The van der Waals surface area contributed by atoms with Gasteiger partial charge in [-0.05, 0) is 36.9 Å². The minimum absolute atomic E-state index is 0.788. The second-order valence-electron chi connectivity index (χ2n) is 6.80. The van der Waals surface area contributed by atoms with Crippen LogP contribution in [-0.2, 0) is 19.4 Å². The van der Waals surface area contributed by atoms with E-state index in [1.807, 2.05) is 0 Å². The van der Waals surface area contributed by atoms with Crippen LogP contribution in [0.3, 0.4) is 0 Å². The van der Waals surface area contributed by atoms with Crippen molar-refractivity contribution in [3.8, 4) is 0 Å². The molecule has 0 fully saturated rings. The molecule has 0 unspecified atom stereocenters. The molecule has 1 aromatic heterocycles. The molecule has 5 nitrogen and oxygen atoms in total. The molecule has 138 valence electrons. The van der Waals surface area contributed by atoms with Crippen molar-refractivity contribution in [1.29, 1.82) is 0 Å². The number of rotatable bonds is 14. The Morgan fingerprint density at radius 3 is 2.28 bits per heavy atom. The van der Waals surface area contributed by atoms with Crippen molar-refractivity contribution in [2.24, 2.45) is 0 Å². The van der Waals surface area contributed by atoms with Gasteiger partial charge in [0.25, 0.3) is 0 Å². The molecule has 2 rings (SSSR count). The van der Waals surface area contributed by atoms with Gasteiger partial charge in [0.1, 0.15) is 0 Å². The molecule has 0 spiro atoms. The lowest BCUT2D eigenvalue weighted by atomic mass is 10.0. The SMILES string of the molecule is CCCCCCCCCc1ccc(CNCCCc2nn[nH]n2)cc1. The third kappa shape index (κ3) is 8.77. The van der Waals surface area contributed by atoms with Crippen molar-refractivity contribution < 1.29 is 0 Å². The fourth-order valence-electron chi connectivity index (χ4n) is 3.00. The van der Waals surface area contributed by atoms with Crippen LogP contribution in [-0.4, -0.2) is 27.2 Å². The summed E-state index contributed by atoms with van der Waals surface area (Å²) in [7, 11) is 0. The Kier molecular flexibility index (Phi) is 9.86. The number of H-pyrrole nitrogens is 1. The number of hydrogen-bond acceptors (Lipinski definition) is 4. The summed E-state index contributed by atoms with van der Waals surface area (Å²) in [5, 5.41) is 17.4. The maximum Gasteiger partial charge on any atom is 0.174 e. The van der Waals surface area contributed by atoms with Gasteiger partial charge in [0, 0.05) is 13.0 Å². The molecular weight excluding hydrogens is 310 g/mol. The third-order valence-electron chi connectivity index (χ3n) is 4.56. The molecule has 0 aliphatic heterocycles. The second-order valence-corrected chi connectivity index (χ2v) is 6.80. The van der Waals surface area contributed by atoms with Crippen molar-refractivity contribution in [3.63, 3.8) is 0 Å². The summed E-state index contributed by atoms with van der Waals surface area (Å²) in [6.45, 7) is 4.16. The van der Waals surface area contributed by atoms with Crippen LogP contribution in [0.4, 0.5) is 0 Å². The zero-order chi connectivity index (χ0) is 17.6. The summed E-state index contributed by atoms with van der Waals surface area (Å²) >= 11 is 0. The molecule has 0 bridgehead atoms. The Labute approximate surface area is 152 Å². The van der Waals surface area contributed by atoms with E-state index in [9.17, 15) is 0 Å². The average molecular weight is 344 g/mol. The van der Waals surface area contributed by atoms with Gasteiger partial charge >= 0.3 is 0 Å². The predicted octanol–water partition coefficient (Wildman–Crippen LogP) is 4.22. The quantitative estimate of drug-likeness (QED) is 0.504. The number of benzene rings is 1. The largest absolute Gasteiger partial charge is 0.313 e. The normalized spacial score (nSPS) is 11.1. The zero-order valence-corrected chi connectivity index (χ0v) is 15.6. The van der Waals surface area contributed by atoms with E-state index in [-0.39, 0.29) is 0 Å². The summed E-state index contributed by atoms with van der Waals surface area (Å²) in [6, 6.07) is 9.08. The second kappa shape index (κ2) is 12.6. The molecule has 1 heterocycles. The molecule has 2 N–H and O–H groups in total. The van der Waals surface area contributed by atoms with Crippen LogP contribution in [0.5, 0.6) is 0 Å². The number of nitrogens with one attached hydrogen (secondary N) is 2. The molecule has 1 aromatic carbocycles. The molecule has 25 heavy (non-hydrogen) atoms.